The number of hydrogen-bond donors (Lipinski definition) is 0. The topological polar surface area (TPSA) is 52.6 Å². The van der Waals surface area contributed by atoms with E-state index in [0.717, 1.165) is 10.8 Å². The molecule has 0 amide bonds. The predicted octanol–water partition coefficient (Wildman–Crippen LogP) is 4.22. The molecule has 0 aliphatic carbocycles. The maximum Gasteiger partial charge on any atom is 0.308 e. The van der Waals surface area contributed by atoms with Crippen LogP contribution in [0.15, 0.2) is 33.2 Å². The summed E-state index contributed by atoms with van der Waals surface area (Å²) in [6, 6.07) is 7.04. The van der Waals surface area contributed by atoms with Gasteiger partial charge >= 0.3 is 11.9 Å². The van der Waals surface area contributed by atoms with Gasteiger partial charge in [-0.05, 0) is 49.4 Å². The van der Waals surface area contributed by atoms with Crippen LogP contribution in [0.4, 0.5) is 0 Å². The predicted molar refractivity (Wildman–Crippen MR) is 82.0 cm³/mol. The Labute approximate surface area is 132 Å². The third-order valence-electron chi connectivity index (χ3n) is 2.50. The zero-order chi connectivity index (χ0) is 14.9. The van der Waals surface area contributed by atoms with Crippen molar-refractivity contribution < 1.29 is 19.1 Å². The molecule has 4 nitrogen and oxygen atoms in total. The SMILES string of the molecule is CC(=O)Oc1ccc2ccc(OC(C)=O)c(Br)c2c1Br. The largest absolute Gasteiger partial charge is 0.425 e. The van der Waals surface area contributed by atoms with Crippen molar-refractivity contribution in [2.75, 3.05) is 0 Å². The first-order chi connectivity index (χ1) is 9.40. The lowest BCUT2D eigenvalue weighted by molar-refractivity contribution is -0.132. The fourth-order valence-electron chi connectivity index (χ4n) is 1.76. The van der Waals surface area contributed by atoms with Crippen molar-refractivity contribution in [2.24, 2.45) is 0 Å². The van der Waals surface area contributed by atoms with Gasteiger partial charge in [0.25, 0.3) is 0 Å². The Hall–Kier alpha value is -1.40. The van der Waals surface area contributed by atoms with Crippen molar-refractivity contribution in [3.63, 3.8) is 0 Å². The molecule has 0 atom stereocenters. The average Bonchev–Trinajstić information content (AvgIpc) is 2.35. The molecule has 20 heavy (non-hydrogen) atoms. The number of ether oxygens (including phenoxy) is 2. The molecule has 0 fully saturated rings. The van der Waals surface area contributed by atoms with Crippen LogP contribution in [0, 0.1) is 0 Å². The van der Waals surface area contributed by atoms with Gasteiger partial charge < -0.3 is 9.47 Å². The Bertz CT molecular complexity index is 653. The van der Waals surface area contributed by atoms with Crippen molar-refractivity contribution in [3.05, 3.63) is 33.2 Å². The first kappa shape index (κ1) is 15.0. The number of rotatable bonds is 2. The minimum Gasteiger partial charge on any atom is -0.425 e. The second kappa shape index (κ2) is 5.93. The van der Waals surface area contributed by atoms with E-state index in [0.29, 0.717) is 20.4 Å². The monoisotopic (exact) mass is 400 g/mol. The molecule has 104 valence electrons. The zero-order valence-electron chi connectivity index (χ0n) is 10.7. The van der Waals surface area contributed by atoms with Gasteiger partial charge in [-0.1, -0.05) is 12.1 Å². The minimum atomic E-state index is -0.405. The van der Waals surface area contributed by atoms with Gasteiger partial charge in [0.05, 0.1) is 8.95 Å². The van der Waals surface area contributed by atoms with Gasteiger partial charge in [-0.3, -0.25) is 9.59 Å². The maximum atomic E-state index is 11.1. The number of carbonyl (C=O) groups excluding carboxylic acids is 2. The van der Waals surface area contributed by atoms with Gasteiger partial charge in [0.15, 0.2) is 0 Å². The molecule has 0 aliphatic heterocycles. The molecular weight excluding hydrogens is 392 g/mol. The highest BCUT2D eigenvalue weighted by atomic mass is 79.9. The summed E-state index contributed by atoms with van der Waals surface area (Å²) in [5.74, 6) is 0.00553. The summed E-state index contributed by atoms with van der Waals surface area (Å²) >= 11 is 6.83. The van der Waals surface area contributed by atoms with Crippen molar-refractivity contribution >= 4 is 54.6 Å². The number of esters is 2. The van der Waals surface area contributed by atoms with Crippen molar-refractivity contribution in [1.29, 1.82) is 0 Å². The molecule has 2 rings (SSSR count). The van der Waals surface area contributed by atoms with Crippen LogP contribution in [0.2, 0.25) is 0 Å². The van der Waals surface area contributed by atoms with Crippen LogP contribution in [0.3, 0.4) is 0 Å². The lowest BCUT2D eigenvalue weighted by Gasteiger charge is -2.11. The van der Waals surface area contributed by atoms with Gasteiger partial charge in [-0.25, -0.2) is 0 Å². The van der Waals surface area contributed by atoms with Crippen molar-refractivity contribution in [2.45, 2.75) is 13.8 Å². The van der Waals surface area contributed by atoms with Gasteiger partial charge in [-0.15, -0.1) is 0 Å². The highest BCUT2D eigenvalue weighted by molar-refractivity contribution is 9.11. The molecule has 2 aromatic rings. The maximum absolute atomic E-state index is 11.1. The van der Waals surface area contributed by atoms with Gasteiger partial charge in [0, 0.05) is 19.2 Å². The highest BCUT2D eigenvalue weighted by Crippen LogP contribution is 2.41. The fourth-order valence-corrected chi connectivity index (χ4v) is 3.31. The number of fused-ring (bicyclic) bond motifs is 1. The lowest BCUT2D eigenvalue weighted by atomic mass is 10.1. The van der Waals surface area contributed by atoms with E-state index in [1.165, 1.54) is 13.8 Å². The number of hydrogen-bond acceptors (Lipinski definition) is 4. The third-order valence-corrected chi connectivity index (χ3v) is 4.07. The summed E-state index contributed by atoms with van der Waals surface area (Å²) in [6.07, 6.45) is 0. The van der Waals surface area contributed by atoms with Gasteiger partial charge in [0.2, 0.25) is 0 Å². The first-order valence-electron chi connectivity index (χ1n) is 5.67. The van der Waals surface area contributed by atoms with Crippen LogP contribution < -0.4 is 9.47 Å². The molecule has 0 spiro atoms. The molecule has 0 aliphatic rings. The second-order valence-electron chi connectivity index (χ2n) is 4.04. The Balaban J connectivity index is 2.64. The molecule has 0 unspecified atom stereocenters. The van der Waals surface area contributed by atoms with E-state index >= 15 is 0 Å². The summed E-state index contributed by atoms with van der Waals surface area (Å²) in [7, 11) is 0. The molecule has 0 N–H and O–H groups in total. The quantitative estimate of drug-likeness (QED) is 0.558. The van der Waals surface area contributed by atoms with Crippen LogP contribution in [0.5, 0.6) is 11.5 Å². The van der Waals surface area contributed by atoms with Crippen LogP contribution in [-0.4, -0.2) is 11.9 Å². The Kier molecular flexibility index (Phi) is 4.45. The van der Waals surface area contributed by atoms with E-state index in [9.17, 15) is 9.59 Å². The number of halogens is 2. The summed E-state index contributed by atoms with van der Waals surface area (Å²) < 4.78 is 11.5. The third kappa shape index (κ3) is 3.02. The average molecular weight is 402 g/mol. The lowest BCUT2D eigenvalue weighted by Crippen LogP contribution is -2.03. The number of benzene rings is 2. The molecule has 6 heteroatoms. The summed E-state index contributed by atoms with van der Waals surface area (Å²) in [5, 5.41) is 1.68. The van der Waals surface area contributed by atoms with E-state index in [4.69, 9.17) is 9.47 Å². The van der Waals surface area contributed by atoms with E-state index in [2.05, 4.69) is 31.9 Å². The minimum absolute atomic E-state index is 0.405. The van der Waals surface area contributed by atoms with Crippen LogP contribution >= 0.6 is 31.9 Å². The Morgan fingerprint density at radius 1 is 0.850 bits per heavy atom. The molecular formula is C14H10Br2O4. The fraction of sp³-hybridized carbons (Fsp3) is 0.143. The van der Waals surface area contributed by atoms with E-state index in [-0.39, 0.29) is 0 Å². The summed E-state index contributed by atoms with van der Waals surface area (Å²) in [4.78, 5) is 22.1. The van der Waals surface area contributed by atoms with E-state index in [1.807, 2.05) is 12.1 Å². The molecule has 0 bridgehead atoms. The van der Waals surface area contributed by atoms with Gasteiger partial charge in [-0.2, -0.15) is 0 Å². The Morgan fingerprint density at radius 2 is 1.25 bits per heavy atom. The van der Waals surface area contributed by atoms with E-state index < -0.39 is 11.9 Å². The molecule has 2 aromatic carbocycles. The Morgan fingerprint density at radius 3 is 1.60 bits per heavy atom. The number of carbonyl (C=O) groups is 2. The van der Waals surface area contributed by atoms with Crippen LogP contribution in [0.1, 0.15) is 13.8 Å². The van der Waals surface area contributed by atoms with Crippen LogP contribution in [-0.2, 0) is 9.59 Å². The highest BCUT2D eigenvalue weighted by Gasteiger charge is 2.15. The normalized spacial score (nSPS) is 10.4. The smallest absolute Gasteiger partial charge is 0.308 e. The molecule has 0 radical (unpaired) electrons. The molecule has 0 heterocycles. The molecule has 0 saturated heterocycles. The first-order valence-corrected chi connectivity index (χ1v) is 7.26. The van der Waals surface area contributed by atoms with E-state index in [1.54, 1.807) is 12.1 Å². The molecule has 0 aromatic heterocycles. The molecule has 0 saturated carbocycles. The van der Waals surface area contributed by atoms with Crippen molar-refractivity contribution in [3.8, 4) is 11.5 Å². The van der Waals surface area contributed by atoms with Crippen molar-refractivity contribution in [1.82, 2.24) is 0 Å². The summed E-state index contributed by atoms with van der Waals surface area (Å²) in [6.45, 7) is 2.67. The summed E-state index contributed by atoms with van der Waals surface area (Å²) in [5.41, 5.74) is 0. The van der Waals surface area contributed by atoms with Crippen LogP contribution in [0.25, 0.3) is 10.8 Å². The standard InChI is InChI=1S/C14H10Br2O4/c1-7(17)19-10-5-3-9-4-6-11(20-8(2)18)14(16)12(9)13(10)15/h3-6H,1-2H3. The van der Waals surface area contributed by atoms with Gasteiger partial charge in [0.1, 0.15) is 11.5 Å². The zero-order valence-corrected chi connectivity index (χ0v) is 13.9. The second-order valence-corrected chi connectivity index (χ2v) is 5.63.